The Balaban J connectivity index is 1.37. The van der Waals surface area contributed by atoms with E-state index in [1.54, 1.807) is 62.8 Å². The van der Waals surface area contributed by atoms with Crippen molar-refractivity contribution in [1.82, 2.24) is 4.98 Å². The number of para-hydroxylation sites is 2. The molecule has 0 aliphatic rings. The van der Waals surface area contributed by atoms with Crippen LogP contribution < -0.4 is 9.47 Å². The van der Waals surface area contributed by atoms with E-state index in [2.05, 4.69) is 0 Å². The van der Waals surface area contributed by atoms with E-state index in [0.717, 1.165) is 32.9 Å². The second-order valence-corrected chi connectivity index (χ2v) is 8.58. The van der Waals surface area contributed by atoms with Crippen LogP contribution in [0.4, 0.5) is 0 Å². The number of carbonyl (C=O) groups excluding carboxylic acids is 2. The molecule has 5 rings (SSSR count). The normalized spacial score (nSPS) is 10.8. The molecule has 0 spiro atoms. The van der Waals surface area contributed by atoms with E-state index in [4.69, 9.17) is 23.9 Å². The largest absolute Gasteiger partial charge is 0.497 e. The van der Waals surface area contributed by atoms with Gasteiger partial charge in [-0.3, -0.25) is 0 Å². The van der Waals surface area contributed by atoms with Crippen LogP contribution in [0.25, 0.3) is 21.8 Å². The number of nitrogens with zero attached hydrogens (tertiary/aromatic N) is 1. The van der Waals surface area contributed by atoms with Crippen LogP contribution in [0.5, 0.6) is 11.5 Å². The van der Waals surface area contributed by atoms with Gasteiger partial charge in [0.05, 0.1) is 36.4 Å². The van der Waals surface area contributed by atoms with Gasteiger partial charge in [-0.25, -0.2) is 14.6 Å². The van der Waals surface area contributed by atoms with Crippen LogP contribution in [0.2, 0.25) is 0 Å². The molecule has 0 fully saturated rings. The maximum atomic E-state index is 12.6. The van der Waals surface area contributed by atoms with E-state index in [1.807, 2.05) is 42.5 Å². The molecule has 190 valence electrons. The molecule has 0 aliphatic heterocycles. The molecular weight excluding hydrogens is 482 g/mol. The summed E-state index contributed by atoms with van der Waals surface area (Å²) in [4.78, 5) is 30.1. The molecule has 0 radical (unpaired) electrons. The van der Waals surface area contributed by atoms with Gasteiger partial charge in [-0.15, -0.1) is 0 Å². The first-order valence-electron chi connectivity index (χ1n) is 12.0. The number of pyridine rings is 1. The number of hydrogen-bond acceptors (Lipinski definition) is 7. The van der Waals surface area contributed by atoms with E-state index < -0.39 is 11.9 Å². The van der Waals surface area contributed by atoms with Gasteiger partial charge in [0.1, 0.15) is 24.7 Å². The summed E-state index contributed by atoms with van der Waals surface area (Å²) in [6, 6.07) is 27.0. The summed E-state index contributed by atoms with van der Waals surface area (Å²) in [6.07, 6.45) is 0. The van der Waals surface area contributed by atoms with Crippen molar-refractivity contribution in [1.29, 1.82) is 0 Å². The van der Waals surface area contributed by atoms with Gasteiger partial charge in [0.15, 0.2) is 0 Å². The number of ether oxygens (including phenoxy) is 4. The number of aromatic nitrogens is 1. The summed E-state index contributed by atoms with van der Waals surface area (Å²) in [5.74, 6) is 0.461. The summed E-state index contributed by atoms with van der Waals surface area (Å²) in [5.41, 5.74) is 3.86. The number of methoxy groups -OCH3 is 2. The highest BCUT2D eigenvalue weighted by Gasteiger charge is 2.13. The summed E-state index contributed by atoms with van der Waals surface area (Å²) >= 11 is 0. The van der Waals surface area contributed by atoms with Gasteiger partial charge < -0.3 is 18.9 Å². The Bertz CT molecular complexity index is 1490. The number of fused-ring (bicyclic) bond motifs is 2. The van der Waals surface area contributed by atoms with E-state index >= 15 is 0 Å². The summed E-state index contributed by atoms with van der Waals surface area (Å²) < 4.78 is 21.4. The lowest BCUT2D eigenvalue weighted by atomic mass is 10.0. The Morgan fingerprint density at radius 1 is 0.605 bits per heavy atom. The zero-order valence-electron chi connectivity index (χ0n) is 21.0. The molecule has 0 amide bonds. The van der Waals surface area contributed by atoms with Gasteiger partial charge in [0, 0.05) is 21.9 Å². The minimum Gasteiger partial charge on any atom is -0.497 e. The van der Waals surface area contributed by atoms with Crippen LogP contribution in [0.15, 0.2) is 91.0 Å². The summed E-state index contributed by atoms with van der Waals surface area (Å²) in [7, 11) is 3.14. The molecule has 4 aromatic carbocycles. The average Bonchev–Trinajstić information content (AvgIpc) is 2.97. The molecule has 5 aromatic rings. The highest BCUT2D eigenvalue weighted by molar-refractivity contribution is 5.96. The average molecular weight is 508 g/mol. The Morgan fingerprint density at radius 2 is 1.03 bits per heavy atom. The van der Waals surface area contributed by atoms with Crippen molar-refractivity contribution >= 4 is 33.7 Å². The Morgan fingerprint density at radius 3 is 1.42 bits per heavy atom. The first-order valence-corrected chi connectivity index (χ1v) is 12.0. The van der Waals surface area contributed by atoms with Crippen molar-refractivity contribution in [2.45, 2.75) is 13.2 Å². The third-order valence-corrected chi connectivity index (χ3v) is 6.21. The molecule has 0 bridgehead atoms. The number of rotatable bonds is 8. The van der Waals surface area contributed by atoms with E-state index in [9.17, 15) is 9.59 Å². The lowest BCUT2D eigenvalue weighted by Crippen LogP contribution is -2.07. The third-order valence-electron chi connectivity index (χ3n) is 6.21. The van der Waals surface area contributed by atoms with Crippen molar-refractivity contribution < 1.29 is 28.5 Å². The van der Waals surface area contributed by atoms with Gasteiger partial charge in [-0.05, 0) is 54.6 Å². The minimum absolute atomic E-state index is 0.0648. The quantitative estimate of drug-likeness (QED) is 0.185. The molecule has 0 atom stereocenters. The predicted molar refractivity (Wildman–Crippen MR) is 143 cm³/mol. The van der Waals surface area contributed by atoms with E-state index in [1.165, 1.54) is 0 Å². The molecule has 38 heavy (non-hydrogen) atoms. The second kappa shape index (κ2) is 11.0. The SMILES string of the molecule is COc1ccc(C(=O)OCc2cccc3cc4cccc(COC(=O)c5ccc(OC)cc5)c4nc23)cc1. The second-order valence-electron chi connectivity index (χ2n) is 8.58. The van der Waals surface area contributed by atoms with Crippen molar-refractivity contribution in [3.05, 3.63) is 113 Å². The van der Waals surface area contributed by atoms with Crippen LogP contribution in [-0.4, -0.2) is 31.1 Å². The minimum atomic E-state index is -0.434. The van der Waals surface area contributed by atoms with Crippen LogP contribution in [0, 0.1) is 0 Å². The molecule has 7 heteroatoms. The van der Waals surface area contributed by atoms with Gasteiger partial charge >= 0.3 is 11.9 Å². The zero-order valence-corrected chi connectivity index (χ0v) is 21.0. The molecule has 0 saturated heterocycles. The fourth-order valence-electron chi connectivity index (χ4n) is 4.15. The first kappa shape index (κ1) is 24.8. The zero-order chi connectivity index (χ0) is 26.5. The van der Waals surface area contributed by atoms with E-state index in [-0.39, 0.29) is 13.2 Å². The highest BCUT2D eigenvalue weighted by atomic mass is 16.5. The standard InChI is InChI=1S/C31H25NO6/c1-35-26-13-9-20(10-14-26)30(33)37-18-24-7-3-5-22-17-23-6-4-8-25(29(23)32-28(22)24)19-38-31(34)21-11-15-27(36-2)16-12-21/h3-17H,18-19H2,1-2H3. The van der Waals surface area contributed by atoms with Crippen molar-refractivity contribution in [2.24, 2.45) is 0 Å². The number of esters is 2. The fraction of sp³-hybridized carbons (Fsp3) is 0.129. The summed E-state index contributed by atoms with van der Waals surface area (Å²) in [6.45, 7) is 0.130. The number of hydrogen-bond donors (Lipinski definition) is 0. The molecule has 0 unspecified atom stereocenters. The molecular formula is C31H25NO6. The van der Waals surface area contributed by atoms with Crippen LogP contribution in [0.3, 0.4) is 0 Å². The Hall–Kier alpha value is -4.91. The lowest BCUT2D eigenvalue weighted by molar-refractivity contribution is 0.0466. The topological polar surface area (TPSA) is 84.0 Å². The van der Waals surface area contributed by atoms with Crippen molar-refractivity contribution in [3.8, 4) is 11.5 Å². The number of benzene rings is 4. The van der Waals surface area contributed by atoms with Crippen LogP contribution in [-0.2, 0) is 22.7 Å². The molecule has 0 saturated carbocycles. The smallest absolute Gasteiger partial charge is 0.338 e. The van der Waals surface area contributed by atoms with Gasteiger partial charge in [-0.2, -0.15) is 0 Å². The van der Waals surface area contributed by atoms with Gasteiger partial charge in [0.2, 0.25) is 0 Å². The maximum Gasteiger partial charge on any atom is 0.338 e. The third kappa shape index (κ3) is 5.27. The maximum absolute atomic E-state index is 12.6. The van der Waals surface area contributed by atoms with Crippen molar-refractivity contribution in [2.75, 3.05) is 14.2 Å². The van der Waals surface area contributed by atoms with E-state index in [0.29, 0.717) is 22.6 Å². The molecule has 1 heterocycles. The monoisotopic (exact) mass is 507 g/mol. The predicted octanol–water partition coefficient (Wildman–Crippen LogP) is 6.12. The molecule has 7 nitrogen and oxygen atoms in total. The Labute approximate surface area is 219 Å². The molecule has 1 aromatic heterocycles. The van der Waals surface area contributed by atoms with Gasteiger partial charge in [-0.1, -0.05) is 36.4 Å². The van der Waals surface area contributed by atoms with Gasteiger partial charge in [0.25, 0.3) is 0 Å². The highest BCUT2D eigenvalue weighted by Crippen LogP contribution is 2.26. The number of carbonyl (C=O) groups is 2. The summed E-state index contributed by atoms with van der Waals surface area (Å²) in [5, 5.41) is 1.84. The van der Waals surface area contributed by atoms with Crippen molar-refractivity contribution in [3.63, 3.8) is 0 Å². The Kier molecular flexibility index (Phi) is 7.17. The van der Waals surface area contributed by atoms with Crippen LogP contribution in [0.1, 0.15) is 31.8 Å². The molecule has 0 N–H and O–H groups in total. The molecule has 0 aliphatic carbocycles. The lowest BCUT2D eigenvalue weighted by Gasteiger charge is -2.12. The van der Waals surface area contributed by atoms with Crippen LogP contribution >= 0.6 is 0 Å². The first-order chi connectivity index (χ1) is 18.6. The fourth-order valence-corrected chi connectivity index (χ4v) is 4.15.